The predicted octanol–water partition coefficient (Wildman–Crippen LogP) is 2.51. The topological polar surface area (TPSA) is 63.6 Å². The summed E-state index contributed by atoms with van der Waals surface area (Å²) in [7, 11) is 0. The van der Waals surface area contributed by atoms with Crippen LogP contribution in [0.2, 0.25) is 0 Å². The van der Waals surface area contributed by atoms with Gasteiger partial charge in [0.2, 0.25) is 0 Å². The van der Waals surface area contributed by atoms with Crippen molar-refractivity contribution in [1.82, 2.24) is 0 Å². The predicted molar refractivity (Wildman–Crippen MR) is 63.1 cm³/mol. The summed E-state index contributed by atoms with van der Waals surface area (Å²) in [4.78, 5) is 23.1. The van der Waals surface area contributed by atoms with Crippen molar-refractivity contribution < 1.29 is 24.9 Å². The molecule has 1 aromatic carbocycles. The maximum atomic E-state index is 11.9. The van der Waals surface area contributed by atoms with Crippen molar-refractivity contribution in [2.24, 2.45) is 0 Å². The molecule has 0 bridgehead atoms. The van der Waals surface area contributed by atoms with E-state index in [1.807, 2.05) is 6.92 Å². The molecule has 90 valence electrons. The molecule has 0 spiro atoms. The lowest BCUT2D eigenvalue weighted by Gasteiger charge is -2.04. The third kappa shape index (κ3) is 3.75. The van der Waals surface area contributed by atoms with Crippen LogP contribution < -0.4 is 0 Å². The van der Waals surface area contributed by atoms with Gasteiger partial charge in [0.25, 0.3) is 0 Å². The number of aromatic carboxylic acids is 1. The Balaban J connectivity index is 3.30. The van der Waals surface area contributed by atoms with Gasteiger partial charge in [-0.1, -0.05) is 31.2 Å². The first-order valence-corrected chi connectivity index (χ1v) is 4.98. The number of carbonyl (C=O) groups excluding carboxylic acids is 1. The quantitative estimate of drug-likeness (QED) is 0.632. The Morgan fingerprint density at radius 1 is 1.35 bits per heavy atom. The highest BCUT2D eigenvalue weighted by molar-refractivity contribution is 6.02. The van der Waals surface area contributed by atoms with Crippen LogP contribution in [0.1, 0.15) is 39.5 Å². The highest BCUT2D eigenvalue weighted by Gasteiger charge is 2.16. The molecule has 0 saturated carbocycles. The molecule has 1 N–H and O–H groups in total. The smallest absolute Gasteiger partial charge is 0.339 e. The number of carboxylic acids is 1. The van der Waals surface area contributed by atoms with E-state index in [1.54, 1.807) is 12.2 Å². The number of hydrogen-bond acceptors (Lipinski definition) is 3. The first kappa shape index (κ1) is 8.06. The summed E-state index contributed by atoms with van der Waals surface area (Å²) in [5.41, 5.74) is -1.45. The summed E-state index contributed by atoms with van der Waals surface area (Å²) in [5, 5.41) is 9.08. The largest absolute Gasteiger partial charge is 0.478 e. The van der Waals surface area contributed by atoms with Crippen molar-refractivity contribution in [3.63, 3.8) is 0 Å². The van der Waals surface area contributed by atoms with E-state index in [9.17, 15) is 9.59 Å². The Morgan fingerprint density at radius 2 is 2.00 bits per heavy atom. The van der Waals surface area contributed by atoms with Gasteiger partial charge in [0.15, 0.2) is 0 Å². The lowest BCUT2D eigenvalue weighted by Crippen LogP contribution is -2.11. The van der Waals surface area contributed by atoms with Gasteiger partial charge in [0, 0.05) is 0 Å². The highest BCUT2D eigenvalue weighted by atomic mass is 16.5. The van der Waals surface area contributed by atoms with Crippen molar-refractivity contribution in [1.29, 1.82) is 0 Å². The van der Waals surface area contributed by atoms with Crippen LogP contribution in [0.4, 0.5) is 0 Å². The number of carboxylic acid groups (broad SMARTS) is 1. The molecule has 4 heteroatoms. The number of hydrogen-bond donors (Lipinski definition) is 1. The third-order valence-corrected chi connectivity index (χ3v) is 1.82. The minimum Gasteiger partial charge on any atom is -0.478 e. The summed E-state index contributed by atoms with van der Waals surface area (Å²) in [5.74, 6) is -2.71. The van der Waals surface area contributed by atoms with Gasteiger partial charge in [-0.25, -0.2) is 9.59 Å². The normalized spacial score (nSPS) is 13.7. The monoisotopic (exact) mass is 238 g/mol. The Morgan fingerprint density at radius 3 is 2.59 bits per heavy atom. The van der Waals surface area contributed by atoms with Gasteiger partial charge in [0.1, 0.15) is 6.61 Å². The third-order valence-electron chi connectivity index (χ3n) is 1.82. The second-order valence-electron chi connectivity index (χ2n) is 3.03. The van der Waals surface area contributed by atoms with Crippen molar-refractivity contribution in [2.45, 2.75) is 13.3 Å². The molecule has 0 aliphatic carbocycles. The van der Waals surface area contributed by atoms with Gasteiger partial charge in [-0.2, -0.15) is 0 Å². The summed E-state index contributed by atoms with van der Waals surface area (Å²) in [6.07, 6.45) is 4.04. The van der Waals surface area contributed by atoms with E-state index in [-0.39, 0.29) is 6.61 Å². The van der Waals surface area contributed by atoms with E-state index < -0.39 is 47.2 Å². The molecule has 0 aliphatic rings. The zero-order valence-corrected chi connectivity index (χ0v) is 9.24. The van der Waals surface area contributed by atoms with Crippen LogP contribution in [-0.4, -0.2) is 23.7 Å². The molecule has 0 heterocycles. The molecule has 0 unspecified atom stereocenters. The number of esters is 1. The zero-order chi connectivity index (χ0) is 16.2. The molecule has 0 amide bonds. The lowest BCUT2D eigenvalue weighted by atomic mass is 10.1. The molecule has 0 aromatic heterocycles. The standard InChI is InChI=1S/C13H14O4/c1-2-3-6-9-17-13(16)11-8-5-4-7-10(11)12(14)15/h3-8H,2,9H2,1H3,(H,14,15)/i4D,5D,7D,8D. The number of carbonyl (C=O) groups is 2. The maximum absolute atomic E-state index is 11.9. The summed E-state index contributed by atoms with van der Waals surface area (Å²) in [6, 6.07) is -2.89. The summed E-state index contributed by atoms with van der Waals surface area (Å²) >= 11 is 0. The van der Waals surface area contributed by atoms with Crippen molar-refractivity contribution in [2.75, 3.05) is 6.61 Å². The van der Waals surface area contributed by atoms with E-state index >= 15 is 0 Å². The van der Waals surface area contributed by atoms with Gasteiger partial charge in [-0.15, -0.1) is 0 Å². The van der Waals surface area contributed by atoms with E-state index in [0.717, 1.165) is 6.42 Å². The lowest BCUT2D eigenvalue weighted by molar-refractivity contribution is 0.0536. The Labute approximate surface area is 105 Å². The number of allylic oxidation sites excluding steroid dienone is 1. The first-order chi connectivity index (χ1) is 9.82. The number of ether oxygens (including phenoxy) is 1. The van der Waals surface area contributed by atoms with Crippen molar-refractivity contribution in [3.05, 3.63) is 47.4 Å². The van der Waals surface area contributed by atoms with Crippen molar-refractivity contribution >= 4 is 11.9 Å². The second-order valence-corrected chi connectivity index (χ2v) is 3.03. The number of rotatable bonds is 5. The molecule has 1 rings (SSSR count). The Bertz CT molecular complexity index is 611. The van der Waals surface area contributed by atoms with Crippen LogP contribution in [0.5, 0.6) is 0 Å². The molecule has 0 aliphatic heterocycles. The number of benzene rings is 1. The van der Waals surface area contributed by atoms with E-state index in [1.165, 1.54) is 0 Å². The van der Waals surface area contributed by atoms with Gasteiger partial charge < -0.3 is 9.84 Å². The van der Waals surface area contributed by atoms with E-state index in [0.29, 0.717) is 0 Å². The van der Waals surface area contributed by atoms with Crippen LogP contribution in [-0.2, 0) is 4.74 Å². The fourth-order valence-electron chi connectivity index (χ4n) is 1.06. The van der Waals surface area contributed by atoms with Crippen LogP contribution in [0.3, 0.4) is 0 Å². The molecule has 4 nitrogen and oxygen atoms in total. The summed E-state index contributed by atoms with van der Waals surface area (Å²) in [6.45, 7) is 1.78. The fourth-order valence-corrected chi connectivity index (χ4v) is 1.06. The molecule has 0 fully saturated rings. The van der Waals surface area contributed by atoms with E-state index in [4.69, 9.17) is 15.3 Å². The van der Waals surface area contributed by atoms with Gasteiger partial charge in [-0.05, 0) is 18.5 Å². The highest BCUT2D eigenvalue weighted by Crippen LogP contribution is 2.10. The fraction of sp³-hybridized carbons (Fsp3) is 0.231. The molecule has 17 heavy (non-hydrogen) atoms. The average molecular weight is 238 g/mol. The van der Waals surface area contributed by atoms with E-state index in [2.05, 4.69) is 0 Å². The van der Waals surface area contributed by atoms with Crippen molar-refractivity contribution in [3.8, 4) is 0 Å². The molecule has 1 aromatic rings. The molecule has 0 atom stereocenters. The van der Waals surface area contributed by atoms with Crippen LogP contribution in [0, 0.1) is 0 Å². The molecular weight excluding hydrogens is 220 g/mol. The molecule has 0 saturated heterocycles. The maximum Gasteiger partial charge on any atom is 0.339 e. The molecular formula is C13H14O4. The van der Waals surface area contributed by atoms with Gasteiger partial charge in [-0.3, -0.25) is 0 Å². The Hall–Kier alpha value is -2.10. The average Bonchev–Trinajstić information content (AvgIpc) is 2.44. The molecule has 0 radical (unpaired) electrons. The zero-order valence-electron chi connectivity index (χ0n) is 13.2. The van der Waals surface area contributed by atoms with Gasteiger partial charge in [0.05, 0.1) is 16.6 Å². The second kappa shape index (κ2) is 6.48. The first-order valence-electron chi connectivity index (χ1n) is 6.98. The summed E-state index contributed by atoms with van der Waals surface area (Å²) < 4.78 is 34.9. The van der Waals surface area contributed by atoms with Crippen LogP contribution in [0.25, 0.3) is 0 Å². The van der Waals surface area contributed by atoms with Gasteiger partial charge >= 0.3 is 11.9 Å². The SMILES string of the molecule is [2H]c1c([2H])c([2H])c(C(=O)OCC=CCC)c(C(=O)O)c1[2H]. The minimum atomic E-state index is -1.61. The van der Waals surface area contributed by atoms with Crippen LogP contribution in [0.15, 0.2) is 36.3 Å². The van der Waals surface area contributed by atoms with Crippen LogP contribution >= 0.6 is 0 Å². The Kier molecular flexibility index (Phi) is 3.07. The minimum absolute atomic E-state index is 0.103.